The van der Waals surface area contributed by atoms with Crippen molar-refractivity contribution in [3.63, 3.8) is 0 Å². The quantitative estimate of drug-likeness (QED) is 0.866. The molecule has 0 aliphatic rings. The van der Waals surface area contributed by atoms with Crippen LogP contribution in [0.1, 0.15) is 21.5 Å². The Hall–Kier alpha value is -2.65. The van der Waals surface area contributed by atoms with Gasteiger partial charge in [-0.3, -0.25) is 9.59 Å². The number of nitriles is 1. The second kappa shape index (κ2) is 7.56. The van der Waals surface area contributed by atoms with E-state index in [1.165, 1.54) is 0 Å². The largest absolute Gasteiger partial charge is 0.343 e. The SMILES string of the molecule is Cc1cc(Br)ccc1NC(=O)CNC(=O)c1ccc(C#N)cc1. The van der Waals surface area contributed by atoms with Crippen LogP contribution in [0.4, 0.5) is 5.69 Å². The van der Waals surface area contributed by atoms with Crippen molar-refractivity contribution in [2.24, 2.45) is 0 Å². The number of carbonyl (C=O) groups excluding carboxylic acids is 2. The van der Waals surface area contributed by atoms with Gasteiger partial charge in [0, 0.05) is 15.7 Å². The van der Waals surface area contributed by atoms with Crippen LogP contribution in [-0.2, 0) is 4.79 Å². The number of aryl methyl sites for hydroxylation is 1. The van der Waals surface area contributed by atoms with Crippen molar-refractivity contribution in [3.05, 3.63) is 63.6 Å². The molecule has 0 saturated heterocycles. The molecule has 0 spiro atoms. The molecule has 0 fully saturated rings. The normalized spacial score (nSPS) is 9.78. The molecule has 0 heterocycles. The van der Waals surface area contributed by atoms with Crippen LogP contribution in [0.25, 0.3) is 0 Å². The molecule has 2 rings (SSSR count). The van der Waals surface area contributed by atoms with Crippen LogP contribution in [0.3, 0.4) is 0 Å². The Bertz CT molecular complexity index is 779. The van der Waals surface area contributed by atoms with Crippen LogP contribution in [0.5, 0.6) is 0 Å². The predicted octanol–water partition coefficient (Wildman–Crippen LogP) is 3.00. The second-order valence-electron chi connectivity index (χ2n) is 4.88. The summed E-state index contributed by atoms with van der Waals surface area (Å²) in [5.41, 5.74) is 2.50. The van der Waals surface area contributed by atoms with Gasteiger partial charge in [0.15, 0.2) is 0 Å². The summed E-state index contributed by atoms with van der Waals surface area (Å²) < 4.78 is 0.933. The third kappa shape index (κ3) is 4.66. The maximum Gasteiger partial charge on any atom is 0.251 e. The lowest BCUT2D eigenvalue weighted by Crippen LogP contribution is -2.33. The molecule has 0 unspecified atom stereocenters. The van der Waals surface area contributed by atoms with Crippen molar-refractivity contribution in [2.45, 2.75) is 6.92 Å². The smallest absolute Gasteiger partial charge is 0.251 e. The molecule has 2 aromatic carbocycles. The average molecular weight is 372 g/mol. The fourth-order valence-electron chi connectivity index (χ4n) is 1.92. The summed E-state index contributed by atoms with van der Waals surface area (Å²) in [4.78, 5) is 23.8. The highest BCUT2D eigenvalue weighted by Gasteiger charge is 2.09. The Morgan fingerprint density at radius 1 is 1.17 bits per heavy atom. The van der Waals surface area contributed by atoms with Crippen molar-refractivity contribution in [1.29, 1.82) is 5.26 Å². The van der Waals surface area contributed by atoms with Crippen molar-refractivity contribution in [3.8, 4) is 6.07 Å². The topological polar surface area (TPSA) is 82.0 Å². The van der Waals surface area contributed by atoms with Crippen LogP contribution in [-0.4, -0.2) is 18.4 Å². The highest BCUT2D eigenvalue weighted by Crippen LogP contribution is 2.19. The minimum Gasteiger partial charge on any atom is -0.343 e. The lowest BCUT2D eigenvalue weighted by molar-refractivity contribution is -0.115. The Balaban J connectivity index is 1.90. The Morgan fingerprint density at radius 2 is 1.87 bits per heavy atom. The van der Waals surface area contributed by atoms with Gasteiger partial charge in [-0.15, -0.1) is 0 Å². The Kier molecular flexibility index (Phi) is 5.50. The highest BCUT2D eigenvalue weighted by atomic mass is 79.9. The van der Waals surface area contributed by atoms with Gasteiger partial charge in [0.1, 0.15) is 0 Å². The van der Waals surface area contributed by atoms with Gasteiger partial charge in [-0.1, -0.05) is 15.9 Å². The summed E-state index contributed by atoms with van der Waals surface area (Å²) in [6, 6.07) is 13.7. The lowest BCUT2D eigenvalue weighted by Gasteiger charge is -2.09. The van der Waals surface area contributed by atoms with Crippen molar-refractivity contribution >= 4 is 33.4 Å². The first-order chi connectivity index (χ1) is 11.0. The molecular formula is C17H14BrN3O2. The molecule has 5 nitrogen and oxygen atoms in total. The van der Waals surface area contributed by atoms with Crippen molar-refractivity contribution in [1.82, 2.24) is 5.32 Å². The molecule has 0 bridgehead atoms. The number of halogens is 1. The first-order valence-corrected chi connectivity index (χ1v) is 7.63. The number of nitrogens with zero attached hydrogens (tertiary/aromatic N) is 1. The number of anilines is 1. The number of hydrogen-bond acceptors (Lipinski definition) is 3. The number of carbonyl (C=O) groups is 2. The second-order valence-corrected chi connectivity index (χ2v) is 5.79. The van der Waals surface area contributed by atoms with Crippen LogP contribution >= 0.6 is 15.9 Å². The van der Waals surface area contributed by atoms with E-state index in [4.69, 9.17) is 5.26 Å². The van der Waals surface area contributed by atoms with E-state index < -0.39 is 0 Å². The zero-order valence-electron chi connectivity index (χ0n) is 12.4. The average Bonchev–Trinajstić information content (AvgIpc) is 2.55. The van der Waals surface area contributed by atoms with Crippen LogP contribution in [0.2, 0.25) is 0 Å². The van der Waals surface area contributed by atoms with Crippen molar-refractivity contribution < 1.29 is 9.59 Å². The van der Waals surface area contributed by atoms with E-state index in [1.54, 1.807) is 30.3 Å². The summed E-state index contributed by atoms with van der Waals surface area (Å²) in [6.45, 7) is 1.75. The number of rotatable bonds is 4. The van der Waals surface area contributed by atoms with Gasteiger partial charge >= 0.3 is 0 Å². The standard InChI is InChI=1S/C17H14BrN3O2/c1-11-8-14(18)6-7-15(11)21-16(22)10-20-17(23)13-4-2-12(9-19)3-5-13/h2-8H,10H2,1H3,(H,20,23)(H,21,22). The maximum absolute atomic E-state index is 11.9. The van der Waals surface area contributed by atoms with Gasteiger partial charge in [0.25, 0.3) is 5.91 Å². The summed E-state index contributed by atoms with van der Waals surface area (Å²) >= 11 is 3.36. The summed E-state index contributed by atoms with van der Waals surface area (Å²) in [5.74, 6) is -0.672. The molecule has 0 aliphatic carbocycles. The Labute approximate surface area is 142 Å². The van der Waals surface area contributed by atoms with Crippen LogP contribution in [0.15, 0.2) is 46.9 Å². The fourth-order valence-corrected chi connectivity index (χ4v) is 2.40. The van der Waals surface area contributed by atoms with Gasteiger partial charge in [0.05, 0.1) is 18.2 Å². The first-order valence-electron chi connectivity index (χ1n) is 6.84. The van der Waals surface area contributed by atoms with E-state index in [0.717, 1.165) is 10.0 Å². The summed E-state index contributed by atoms with van der Waals surface area (Å²) in [7, 11) is 0. The van der Waals surface area contributed by atoms with E-state index in [2.05, 4.69) is 26.6 Å². The van der Waals surface area contributed by atoms with E-state index in [-0.39, 0.29) is 18.4 Å². The van der Waals surface area contributed by atoms with Crippen LogP contribution < -0.4 is 10.6 Å². The molecule has 0 aliphatic heterocycles. The molecule has 2 N–H and O–H groups in total. The third-order valence-corrected chi connectivity index (χ3v) is 3.64. The van der Waals surface area contributed by atoms with Gasteiger partial charge in [-0.2, -0.15) is 5.26 Å². The number of amides is 2. The van der Waals surface area contributed by atoms with Gasteiger partial charge in [-0.05, 0) is 55.0 Å². The van der Waals surface area contributed by atoms with Gasteiger partial charge in [0.2, 0.25) is 5.91 Å². The van der Waals surface area contributed by atoms with E-state index in [9.17, 15) is 9.59 Å². The van der Waals surface area contributed by atoms with Crippen LogP contribution in [0, 0.1) is 18.3 Å². The molecule has 6 heteroatoms. The lowest BCUT2D eigenvalue weighted by atomic mass is 10.1. The molecule has 0 atom stereocenters. The van der Waals surface area contributed by atoms with E-state index in [0.29, 0.717) is 16.8 Å². The minimum absolute atomic E-state index is 0.131. The molecular weight excluding hydrogens is 358 g/mol. The van der Waals surface area contributed by atoms with Gasteiger partial charge < -0.3 is 10.6 Å². The fraction of sp³-hybridized carbons (Fsp3) is 0.118. The summed E-state index contributed by atoms with van der Waals surface area (Å²) in [5, 5.41) is 14.0. The summed E-state index contributed by atoms with van der Waals surface area (Å²) in [6.07, 6.45) is 0. The molecule has 2 aromatic rings. The highest BCUT2D eigenvalue weighted by molar-refractivity contribution is 9.10. The van der Waals surface area contributed by atoms with Gasteiger partial charge in [-0.25, -0.2) is 0 Å². The predicted molar refractivity (Wildman–Crippen MR) is 91.0 cm³/mol. The van der Waals surface area contributed by atoms with E-state index >= 15 is 0 Å². The minimum atomic E-state index is -0.364. The van der Waals surface area contributed by atoms with E-state index in [1.807, 2.05) is 25.1 Å². The molecule has 0 radical (unpaired) electrons. The maximum atomic E-state index is 11.9. The number of nitrogens with one attached hydrogen (secondary N) is 2. The molecule has 0 aromatic heterocycles. The first kappa shape index (κ1) is 16.7. The zero-order valence-corrected chi connectivity index (χ0v) is 14.0. The monoisotopic (exact) mass is 371 g/mol. The zero-order chi connectivity index (χ0) is 16.8. The molecule has 23 heavy (non-hydrogen) atoms. The number of benzene rings is 2. The molecule has 116 valence electrons. The number of hydrogen-bond donors (Lipinski definition) is 2. The molecule has 2 amide bonds. The third-order valence-electron chi connectivity index (χ3n) is 3.15. The Morgan fingerprint density at radius 3 is 2.48 bits per heavy atom. The van der Waals surface area contributed by atoms with Crippen molar-refractivity contribution in [2.75, 3.05) is 11.9 Å². The molecule has 0 saturated carbocycles.